The molecule has 154 valence electrons. The van der Waals surface area contributed by atoms with Crippen LogP contribution in [0.1, 0.15) is 29.6 Å². The van der Waals surface area contributed by atoms with Crippen LogP contribution in [0, 0.1) is 0 Å². The largest absolute Gasteiger partial charge is 0.480 e. The van der Waals surface area contributed by atoms with E-state index in [0.717, 1.165) is 48.3 Å². The maximum absolute atomic E-state index is 13.1. The molecule has 1 aliphatic heterocycles. The summed E-state index contributed by atoms with van der Waals surface area (Å²) in [6.07, 6.45) is 3.37. The van der Waals surface area contributed by atoms with E-state index in [9.17, 15) is 4.79 Å². The van der Waals surface area contributed by atoms with Crippen LogP contribution >= 0.6 is 11.6 Å². The van der Waals surface area contributed by atoms with Crippen molar-refractivity contribution in [1.82, 2.24) is 15.4 Å². The predicted molar refractivity (Wildman–Crippen MR) is 120 cm³/mol. The van der Waals surface area contributed by atoms with Gasteiger partial charge in [0.25, 0.3) is 5.91 Å². The molecule has 30 heavy (non-hydrogen) atoms. The number of rotatable bonds is 5. The van der Waals surface area contributed by atoms with Crippen LogP contribution in [0.3, 0.4) is 0 Å². The van der Waals surface area contributed by atoms with E-state index in [0.29, 0.717) is 16.5 Å². The van der Waals surface area contributed by atoms with E-state index < -0.39 is 0 Å². The number of nitrogens with zero attached hydrogens (tertiary/aromatic N) is 2. The van der Waals surface area contributed by atoms with Gasteiger partial charge in [-0.05, 0) is 36.6 Å². The second-order valence-corrected chi connectivity index (χ2v) is 7.74. The van der Waals surface area contributed by atoms with Crippen molar-refractivity contribution in [3.05, 3.63) is 71.2 Å². The lowest BCUT2D eigenvalue weighted by Crippen LogP contribution is -2.45. The van der Waals surface area contributed by atoms with Gasteiger partial charge in [0.15, 0.2) is 0 Å². The highest BCUT2D eigenvalue weighted by Crippen LogP contribution is 2.35. The topological polar surface area (TPSA) is 54.5 Å². The Morgan fingerprint density at radius 1 is 1.00 bits per heavy atom. The Morgan fingerprint density at radius 3 is 2.37 bits per heavy atom. The van der Waals surface area contributed by atoms with Crippen LogP contribution in [0.5, 0.6) is 5.88 Å². The maximum Gasteiger partial charge on any atom is 0.271 e. The molecule has 1 N–H and O–H groups in total. The number of methoxy groups -OCH3 is 1. The van der Waals surface area contributed by atoms with Crippen LogP contribution in [0.2, 0.25) is 5.02 Å². The van der Waals surface area contributed by atoms with Gasteiger partial charge in [0.1, 0.15) is 5.56 Å². The molecule has 1 fully saturated rings. The summed E-state index contributed by atoms with van der Waals surface area (Å²) in [6, 6.07) is 19.3. The minimum atomic E-state index is -0.207. The molecule has 1 amide bonds. The molecule has 6 heteroatoms. The minimum absolute atomic E-state index is 0.207. The molecule has 0 bridgehead atoms. The smallest absolute Gasteiger partial charge is 0.271 e. The number of hydrogen-bond donors (Lipinski definition) is 1. The lowest BCUT2D eigenvalue weighted by molar-refractivity contribution is 0.0746. The molecule has 2 aromatic carbocycles. The number of amides is 1. The second kappa shape index (κ2) is 9.28. The van der Waals surface area contributed by atoms with Gasteiger partial charge in [-0.15, -0.1) is 0 Å². The highest BCUT2D eigenvalue weighted by molar-refractivity contribution is 6.30. The number of nitrogens with one attached hydrogen (secondary N) is 1. The Kier molecular flexibility index (Phi) is 6.31. The number of halogens is 1. The Bertz CT molecular complexity index is 1020. The number of carbonyl (C=O) groups is 1. The monoisotopic (exact) mass is 421 g/mol. The molecule has 5 nitrogen and oxygen atoms in total. The highest BCUT2D eigenvalue weighted by Gasteiger charge is 2.22. The Morgan fingerprint density at radius 2 is 1.70 bits per heavy atom. The molecular weight excluding hydrogens is 398 g/mol. The van der Waals surface area contributed by atoms with E-state index in [-0.39, 0.29) is 5.91 Å². The third-order valence-corrected chi connectivity index (χ3v) is 5.50. The summed E-state index contributed by atoms with van der Waals surface area (Å²) in [4.78, 5) is 17.8. The molecule has 0 spiro atoms. The molecular formula is C24H24ClN3O2. The molecule has 4 rings (SSSR count). The number of hydrogen-bond acceptors (Lipinski definition) is 4. The van der Waals surface area contributed by atoms with Crippen LogP contribution < -0.4 is 10.2 Å². The quantitative estimate of drug-likeness (QED) is 0.614. The van der Waals surface area contributed by atoms with Gasteiger partial charge in [0.05, 0.1) is 12.8 Å². The number of piperidine rings is 1. The molecule has 1 aliphatic rings. The Balaban J connectivity index is 1.79. The van der Waals surface area contributed by atoms with E-state index in [1.165, 1.54) is 13.5 Å². The molecule has 3 aromatic rings. The summed E-state index contributed by atoms with van der Waals surface area (Å²) in [7, 11) is 1.54. The lowest BCUT2D eigenvalue weighted by atomic mass is 9.97. The first-order valence-corrected chi connectivity index (χ1v) is 10.5. The standard InChI is InChI=1S/C24H24ClN3O2/c1-30-24-21(23(29)27-28-14-6-3-7-15-28)16-20(17-8-4-2-5-9-17)22(26-24)18-10-12-19(25)13-11-18/h2,4-5,8-13,16H,3,6-7,14-15H2,1H3,(H,27,29). The second-order valence-electron chi connectivity index (χ2n) is 7.30. The number of benzene rings is 2. The summed E-state index contributed by atoms with van der Waals surface area (Å²) in [5.41, 5.74) is 6.91. The van der Waals surface area contributed by atoms with E-state index >= 15 is 0 Å². The van der Waals surface area contributed by atoms with Crippen molar-refractivity contribution in [2.75, 3.05) is 20.2 Å². The first-order chi connectivity index (χ1) is 14.7. The van der Waals surface area contributed by atoms with E-state index in [2.05, 4.69) is 5.43 Å². The van der Waals surface area contributed by atoms with Crippen molar-refractivity contribution in [1.29, 1.82) is 0 Å². The van der Waals surface area contributed by atoms with Gasteiger partial charge in [-0.25, -0.2) is 9.99 Å². The Hall–Kier alpha value is -2.89. The fourth-order valence-electron chi connectivity index (χ4n) is 3.69. The van der Waals surface area contributed by atoms with Gasteiger partial charge >= 0.3 is 0 Å². The van der Waals surface area contributed by atoms with Crippen LogP contribution in [0.15, 0.2) is 60.7 Å². The molecule has 1 saturated heterocycles. The molecule has 2 heterocycles. The summed E-state index contributed by atoms with van der Waals surface area (Å²) in [5.74, 6) is 0.0928. The number of hydrazine groups is 1. The van der Waals surface area contributed by atoms with Crippen LogP contribution in [-0.4, -0.2) is 36.1 Å². The van der Waals surface area contributed by atoms with Gasteiger partial charge in [-0.3, -0.25) is 10.2 Å². The van der Waals surface area contributed by atoms with E-state index in [1.807, 2.05) is 65.7 Å². The first kappa shape index (κ1) is 20.4. The zero-order chi connectivity index (χ0) is 20.9. The van der Waals surface area contributed by atoms with Crippen molar-refractivity contribution < 1.29 is 9.53 Å². The minimum Gasteiger partial charge on any atom is -0.480 e. The van der Waals surface area contributed by atoms with Crippen molar-refractivity contribution in [2.45, 2.75) is 19.3 Å². The lowest BCUT2D eigenvalue weighted by Gasteiger charge is -2.27. The molecule has 0 radical (unpaired) electrons. The van der Waals surface area contributed by atoms with E-state index in [1.54, 1.807) is 0 Å². The number of aromatic nitrogens is 1. The summed E-state index contributed by atoms with van der Waals surface area (Å²) < 4.78 is 5.52. The first-order valence-electron chi connectivity index (χ1n) is 10.1. The van der Waals surface area contributed by atoms with Crippen molar-refractivity contribution >= 4 is 17.5 Å². The van der Waals surface area contributed by atoms with Crippen LogP contribution in [0.25, 0.3) is 22.4 Å². The molecule has 0 saturated carbocycles. The van der Waals surface area contributed by atoms with Gasteiger partial charge in [0, 0.05) is 29.2 Å². The summed E-state index contributed by atoms with van der Waals surface area (Å²) in [5, 5.41) is 2.63. The van der Waals surface area contributed by atoms with Crippen LogP contribution in [-0.2, 0) is 0 Å². The third-order valence-electron chi connectivity index (χ3n) is 5.24. The van der Waals surface area contributed by atoms with Crippen molar-refractivity contribution in [2.24, 2.45) is 0 Å². The fraction of sp³-hybridized carbons (Fsp3) is 0.250. The molecule has 0 unspecified atom stereocenters. The summed E-state index contributed by atoms with van der Waals surface area (Å²) >= 11 is 6.07. The predicted octanol–water partition coefficient (Wildman–Crippen LogP) is 5.21. The SMILES string of the molecule is COc1nc(-c2ccc(Cl)cc2)c(-c2ccccc2)cc1C(=O)NN1CCCCC1. The zero-order valence-corrected chi connectivity index (χ0v) is 17.7. The molecule has 1 aromatic heterocycles. The fourth-order valence-corrected chi connectivity index (χ4v) is 3.82. The molecule has 0 atom stereocenters. The van der Waals surface area contributed by atoms with Gasteiger partial charge in [-0.1, -0.05) is 60.5 Å². The van der Waals surface area contributed by atoms with Gasteiger partial charge < -0.3 is 4.74 Å². The number of pyridine rings is 1. The third kappa shape index (κ3) is 4.48. The van der Waals surface area contributed by atoms with Crippen molar-refractivity contribution in [3.63, 3.8) is 0 Å². The summed E-state index contributed by atoms with van der Waals surface area (Å²) in [6.45, 7) is 1.71. The average Bonchev–Trinajstić information content (AvgIpc) is 2.80. The number of carbonyl (C=O) groups excluding carboxylic acids is 1. The van der Waals surface area contributed by atoms with Crippen molar-refractivity contribution in [3.8, 4) is 28.3 Å². The van der Waals surface area contributed by atoms with Crippen LogP contribution in [0.4, 0.5) is 0 Å². The normalized spacial score (nSPS) is 14.3. The highest BCUT2D eigenvalue weighted by atomic mass is 35.5. The zero-order valence-electron chi connectivity index (χ0n) is 16.9. The number of ether oxygens (including phenoxy) is 1. The van der Waals surface area contributed by atoms with Gasteiger partial charge in [0.2, 0.25) is 5.88 Å². The Labute approximate surface area is 181 Å². The van der Waals surface area contributed by atoms with E-state index in [4.69, 9.17) is 21.3 Å². The maximum atomic E-state index is 13.1. The van der Waals surface area contributed by atoms with Gasteiger partial charge in [-0.2, -0.15) is 0 Å². The average molecular weight is 422 g/mol. The molecule has 0 aliphatic carbocycles.